The second-order valence-electron chi connectivity index (χ2n) is 2.03. The molecule has 0 spiro atoms. The largest absolute Gasteiger partial charge is 0.506 e. The monoisotopic (exact) mass is 186 g/mol. The number of benzene rings is 1. The first kappa shape index (κ1) is 6.82. The summed E-state index contributed by atoms with van der Waals surface area (Å²) in [7, 11) is 0. The zero-order valence-electron chi connectivity index (χ0n) is 5.28. The molecule has 1 aromatic carbocycles. The summed E-state index contributed by atoms with van der Waals surface area (Å²) in [4.78, 5) is 0. The topological polar surface area (TPSA) is 46.0 Å². The van der Waals surface area contributed by atoms with Crippen molar-refractivity contribution in [3.8, 4) is 5.75 Å². The third kappa shape index (κ3) is 0.948. The molecule has 0 aliphatic carbocycles. The number of fused-ring (bicyclic) bond motifs is 1. The van der Waals surface area contributed by atoms with Crippen LogP contribution in [0.2, 0.25) is 5.02 Å². The van der Waals surface area contributed by atoms with Gasteiger partial charge in [-0.05, 0) is 12.1 Å². The van der Waals surface area contributed by atoms with Gasteiger partial charge in [-0.15, -0.1) is 0 Å². The summed E-state index contributed by atoms with van der Waals surface area (Å²) < 4.78 is 7.87. The van der Waals surface area contributed by atoms with Crippen LogP contribution < -0.4 is 0 Å². The first-order chi connectivity index (χ1) is 5.29. The lowest BCUT2D eigenvalue weighted by Crippen LogP contribution is -1.72. The summed E-state index contributed by atoms with van der Waals surface area (Å²) in [6.45, 7) is 0. The number of halogens is 1. The molecule has 1 aromatic heterocycles. The molecule has 56 valence electrons. The van der Waals surface area contributed by atoms with E-state index in [1.54, 1.807) is 6.07 Å². The molecule has 11 heavy (non-hydrogen) atoms. The number of nitrogens with zero attached hydrogens (tertiary/aromatic N) is 2. The third-order valence-corrected chi connectivity index (χ3v) is 2.26. The molecule has 0 atom stereocenters. The van der Waals surface area contributed by atoms with Gasteiger partial charge in [0.1, 0.15) is 21.8 Å². The fourth-order valence-electron chi connectivity index (χ4n) is 0.809. The van der Waals surface area contributed by atoms with Crippen LogP contribution in [-0.2, 0) is 0 Å². The third-order valence-electron chi connectivity index (χ3n) is 1.35. The molecule has 0 saturated heterocycles. The zero-order chi connectivity index (χ0) is 7.84. The number of phenols is 1. The molecule has 1 N–H and O–H groups in total. The molecule has 0 radical (unpaired) electrons. The van der Waals surface area contributed by atoms with Crippen LogP contribution in [0.1, 0.15) is 0 Å². The number of aromatic hydroxyl groups is 1. The Balaban J connectivity index is 2.93. The standard InChI is InChI=1S/C6H3ClN2OS/c7-5-4(10)2-1-3-6(5)9-11-8-3/h1-2,10H. The smallest absolute Gasteiger partial charge is 0.136 e. The highest BCUT2D eigenvalue weighted by molar-refractivity contribution is 7.00. The lowest BCUT2D eigenvalue weighted by molar-refractivity contribution is 0.476. The predicted octanol–water partition coefficient (Wildman–Crippen LogP) is 2.05. The lowest BCUT2D eigenvalue weighted by atomic mass is 10.3. The van der Waals surface area contributed by atoms with Crippen molar-refractivity contribution in [2.75, 3.05) is 0 Å². The van der Waals surface area contributed by atoms with E-state index in [1.807, 2.05) is 0 Å². The van der Waals surface area contributed by atoms with Gasteiger partial charge in [0, 0.05) is 0 Å². The fourth-order valence-corrected chi connectivity index (χ4v) is 1.60. The van der Waals surface area contributed by atoms with E-state index in [0.29, 0.717) is 5.52 Å². The zero-order valence-corrected chi connectivity index (χ0v) is 6.85. The number of phenolic OH excluding ortho intramolecular Hbond substituents is 1. The first-order valence-corrected chi connectivity index (χ1v) is 3.99. The molecule has 3 nitrogen and oxygen atoms in total. The molecule has 0 fully saturated rings. The summed E-state index contributed by atoms with van der Waals surface area (Å²) in [6.07, 6.45) is 0. The number of rotatable bonds is 0. The number of hydrogen-bond donors (Lipinski definition) is 1. The minimum absolute atomic E-state index is 0.0480. The Morgan fingerprint density at radius 2 is 2.18 bits per heavy atom. The first-order valence-electron chi connectivity index (χ1n) is 2.89. The van der Waals surface area contributed by atoms with Crippen LogP contribution >= 0.6 is 23.3 Å². The molecule has 0 aliphatic heterocycles. The van der Waals surface area contributed by atoms with Crippen molar-refractivity contribution in [1.29, 1.82) is 0 Å². The Kier molecular flexibility index (Phi) is 1.44. The van der Waals surface area contributed by atoms with Gasteiger partial charge in [0.15, 0.2) is 0 Å². The van der Waals surface area contributed by atoms with Gasteiger partial charge >= 0.3 is 0 Å². The molecular weight excluding hydrogens is 184 g/mol. The van der Waals surface area contributed by atoms with Crippen molar-refractivity contribution >= 4 is 34.4 Å². The number of aromatic nitrogens is 2. The summed E-state index contributed by atoms with van der Waals surface area (Å²) >= 11 is 6.80. The summed E-state index contributed by atoms with van der Waals surface area (Å²) in [5, 5.41) is 9.41. The maximum absolute atomic E-state index is 9.14. The van der Waals surface area contributed by atoms with Crippen LogP contribution in [0.25, 0.3) is 11.0 Å². The van der Waals surface area contributed by atoms with Gasteiger partial charge in [0.05, 0.1) is 11.7 Å². The SMILES string of the molecule is Oc1ccc2nsnc2c1Cl. The van der Waals surface area contributed by atoms with Gasteiger partial charge in [-0.3, -0.25) is 0 Å². The second kappa shape index (κ2) is 2.32. The van der Waals surface area contributed by atoms with Gasteiger partial charge in [0.2, 0.25) is 0 Å². The molecule has 2 aromatic rings. The van der Waals surface area contributed by atoms with E-state index in [1.165, 1.54) is 6.07 Å². The quantitative estimate of drug-likeness (QED) is 0.685. The number of hydrogen-bond acceptors (Lipinski definition) is 4. The molecule has 1 heterocycles. The van der Waals surface area contributed by atoms with Crippen LogP contribution in [0.4, 0.5) is 0 Å². The van der Waals surface area contributed by atoms with Crippen LogP contribution in [-0.4, -0.2) is 13.9 Å². The highest BCUT2D eigenvalue weighted by atomic mass is 35.5. The van der Waals surface area contributed by atoms with Gasteiger partial charge < -0.3 is 5.11 Å². The van der Waals surface area contributed by atoms with Gasteiger partial charge in [0.25, 0.3) is 0 Å². The fraction of sp³-hybridized carbons (Fsp3) is 0. The molecule has 0 aliphatic rings. The minimum Gasteiger partial charge on any atom is -0.506 e. The Labute approximate surface area is 71.6 Å². The maximum Gasteiger partial charge on any atom is 0.136 e. The Morgan fingerprint density at radius 1 is 1.36 bits per heavy atom. The predicted molar refractivity (Wildman–Crippen MR) is 44.1 cm³/mol. The van der Waals surface area contributed by atoms with Crippen molar-refractivity contribution in [2.45, 2.75) is 0 Å². The average Bonchev–Trinajstić information content (AvgIpc) is 2.45. The van der Waals surface area contributed by atoms with Crippen molar-refractivity contribution in [1.82, 2.24) is 8.75 Å². The van der Waals surface area contributed by atoms with Crippen LogP contribution in [0.5, 0.6) is 5.75 Å². The van der Waals surface area contributed by atoms with E-state index in [9.17, 15) is 0 Å². The van der Waals surface area contributed by atoms with Crippen molar-refractivity contribution in [3.05, 3.63) is 17.2 Å². The highest BCUT2D eigenvalue weighted by Gasteiger charge is 2.06. The van der Waals surface area contributed by atoms with Crippen molar-refractivity contribution in [3.63, 3.8) is 0 Å². The lowest BCUT2D eigenvalue weighted by Gasteiger charge is -1.93. The molecular formula is C6H3ClN2OS. The van der Waals surface area contributed by atoms with E-state index in [-0.39, 0.29) is 10.8 Å². The van der Waals surface area contributed by atoms with E-state index >= 15 is 0 Å². The summed E-state index contributed by atoms with van der Waals surface area (Å²) in [5.41, 5.74) is 1.29. The van der Waals surface area contributed by atoms with Crippen molar-refractivity contribution in [2.24, 2.45) is 0 Å². The van der Waals surface area contributed by atoms with E-state index in [0.717, 1.165) is 17.2 Å². The molecule has 0 saturated carbocycles. The molecule has 0 amide bonds. The maximum atomic E-state index is 9.14. The molecule has 5 heteroatoms. The van der Waals surface area contributed by atoms with Crippen LogP contribution in [0.3, 0.4) is 0 Å². The second-order valence-corrected chi connectivity index (χ2v) is 2.94. The van der Waals surface area contributed by atoms with Crippen LogP contribution in [0.15, 0.2) is 12.1 Å². The van der Waals surface area contributed by atoms with Crippen LogP contribution in [0, 0.1) is 0 Å². The molecule has 0 bridgehead atoms. The van der Waals surface area contributed by atoms with Gasteiger partial charge in [-0.2, -0.15) is 8.75 Å². The Morgan fingerprint density at radius 3 is 3.00 bits per heavy atom. The van der Waals surface area contributed by atoms with Gasteiger partial charge in [-0.1, -0.05) is 11.6 Å². The molecule has 2 rings (SSSR count). The average molecular weight is 187 g/mol. The summed E-state index contributed by atoms with van der Waals surface area (Å²) in [5.74, 6) is 0.0480. The van der Waals surface area contributed by atoms with E-state index < -0.39 is 0 Å². The van der Waals surface area contributed by atoms with E-state index in [2.05, 4.69) is 8.75 Å². The summed E-state index contributed by atoms with van der Waals surface area (Å²) in [6, 6.07) is 3.19. The Bertz CT molecular complexity index is 400. The van der Waals surface area contributed by atoms with E-state index in [4.69, 9.17) is 16.7 Å². The Hall–Kier alpha value is -0.870. The van der Waals surface area contributed by atoms with Gasteiger partial charge in [-0.25, -0.2) is 0 Å². The molecule has 0 unspecified atom stereocenters. The highest BCUT2D eigenvalue weighted by Crippen LogP contribution is 2.29. The normalized spacial score (nSPS) is 10.6. The van der Waals surface area contributed by atoms with Crippen molar-refractivity contribution < 1.29 is 5.11 Å². The minimum atomic E-state index is 0.0480.